The number of hydrogen-bond donors (Lipinski definition) is 1. The van der Waals surface area contributed by atoms with Gasteiger partial charge in [-0.2, -0.15) is 0 Å². The molecule has 1 atom stereocenters. The summed E-state index contributed by atoms with van der Waals surface area (Å²) < 4.78 is 5.15. The van der Waals surface area contributed by atoms with Crippen molar-refractivity contribution in [3.8, 4) is 0 Å². The van der Waals surface area contributed by atoms with Crippen LogP contribution < -0.4 is 5.32 Å². The van der Waals surface area contributed by atoms with Gasteiger partial charge in [0.15, 0.2) is 0 Å². The first-order valence-corrected chi connectivity index (χ1v) is 5.58. The molecule has 0 saturated carbocycles. The van der Waals surface area contributed by atoms with Crippen molar-refractivity contribution < 1.29 is 4.74 Å². The van der Waals surface area contributed by atoms with E-state index in [-0.39, 0.29) is 0 Å². The van der Waals surface area contributed by atoms with E-state index >= 15 is 0 Å². The molecule has 86 valence electrons. The lowest BCUT2D eigenvalue weighted by Gasteiger charge is -2.27. The van der Waals surface area contributed by atoms with Crippen LogP contribution in [0.25, 0.3) is 0 Å². The minimum absolute atomic E-state index is 0.513. The monoisotopic (exact) mass is 202 g/mol. The third-order valence-electron chi connectivity index (χ3n) is 2.39. The highest BCUT2D eigenvalue weighted by molar-refractivity contribution is 4.67. The number of methoxy groups -OCH3 is 1. The van der Waals surface area contributed by atoms with Gasteiger partial charge in [0.1, 0.15) is 0 Å². The van der Waals surface area contributed by atoms with E-state index in [1.807, 2.05) is 0 Å². The molecule has 0 saturated heterocycles. The Hall–Kier alpha value is -0.120. The van der Waals surface area contributed by atoms with Crippen LogP contribution in [0.15, 0.2) is 0 Å². The Kier molecular flexibility index (Phi) is 8.14. The Balaban J connectivity index is 3.66. The molecule has 0 aromatic rings. The topological polar surface area (TPSA) is 24.5 Å². The number of rotatable bonds is 8. The van der Waals surface area contributed by atoms with E-state index in [1.165, 1.54) is 0 Å². The summed E-state index contributed by atoms with van der Waals surface area (Å²) in [5.74, 6) is 0. The zero-order valence-corrected chi connectivity index (χ0v) is 10.3. The quantitative estimate of drug-likeness (QED) is 0.643. The fourth-order valence-electron chi connectivity index (χ4n) is 1.53. The summed E-state index contributed by atoms with van der Waals surface area (Å²) in [4.78, 5) is 2.43. The molecule has 0 heterocycles. The summed E-state index contributed by atoms with van der Waals surface area (Å²) in [6, 6.07) is 1.09. The highest BCUT2D eigenvalue weighted by Gasteiger charge is 2.10. The van der Waals surface area contributed by atoms with Crippen molar-refractivity contribution in [1.82, 2.24) is 10.2 Å². The number of ether oxygens (including phenoxy) is 1. The van der Waals surface area contributed by atoms with Gasteiger partial charge in [-0.25, -0.2) is 0 Å². The lowest BCUT2D eigenvalue weighted by Crippen LogP contribution is -2.41. The van der Waals surface area contributed by atoms with Crippen LogP contribution in [0.4, 0.5) is 0 Å². The van der Waals surface area contributed by atoms with Crippen LogP contribution in [0, 0.1) is 0 Å². The van der Waals surface area contributed by atoms with Crippen LogP contribution in [-0.4, -0.2) is 50.3 Å². The van der Waals surface area contributed by atoms with Gasteiger partial charge in [0, 0.05) is 32.3 Å². The Morgan fingerprint density at radius 3 is 2.36 bits per heavy atom. The maximum absolute atomic E-state index is 5.15. The molecule has 0 aromatic heterocycles. The normalized spacial score (nSPS) is 13.9. The Labute approximate surface area is 88.8 Å². The molecule has 1 N–H and O–H groups in total. The molecule has 0 aromatic carbocycles. The highest BCUT2D eigenvalue weighted by atomic mass is 16.5. The Morgan fingerprint density at radius 1 is 1.29 bits per heavy atom. The molecule has 3 heteroatoms. The van der Waals surface area contributed by atoms with Crippen molar-refractivity contribution in [3.05, 3.63) is 0 Å². The molecular weight excluding hydrogens is 176 g/mol. The van der Waals surface area contributed by atoms with E-state index in [0.29, 0.717) is 12.1 Å². The number of nitrogens with zero attached hydrogens (tertiary/aromatic N) is 1. The molecule has 0 amide bonds. The average molecular weight is 202 g/mol. The van der Waals surface area contributed by atoms with E-state index in [1.54, 1.807) is 7.11 Å². The first-order valence-electron chi connectivity index (χ1n) is 5.58. The molecule has 0 bridgehead atoms. The summed E-state index contributed by atoms with van der Waals surface area (Å²) in [5.41, 5.74) is 0. The predicted molar refractivity (Wildman–Crippen MR) is 61.7 cm³/mol. The van der Waals surface area contributed by atoms with Crippen LogP contribution in [0.1, 0.15) is 27.7 Å². The van der Waals surface area contributed by atoms with E-state index in [9.17, 15) is 0 Å². The van der Waals surface area contributed by atoms with Crippen molar-refractivity contribution in [1.29, 1.82) is 0 Å². The van der Waals surface area contributed by atoms with Gasteiger partial charge in [0.2, 0.25) is 0 Å². The Morgan fingerprint density at radius 2 is 1.93 bits per heavy atom. The van der Waals surface area contributed by atoms with Gasteiger partial charge < -0.3 is 10.1 Å². The van der Waals surface area contributed by atoms with Crippen LogP contribution in [0.2, 0.25) is 0 Å². The molecule has 0 radical (unpaired) electrons. The molecule has 3 nitrogen and oxygen atoms in total. The van der Waals surface area contributed by atoms with Gasteiger partial charge in [-0.15, -0.1) is 0 Å². The second kappa shape index (κ2) is 8.21. The summed E-state index contributed by atoms with van der Waals surface area (Å²) in [6.07, 6.45) is 0. The van der Waals surface area contributed by atoms with Gasteiger partial charge in [-0.3, -0.25) is 4.90 Å². The predicted octanol–water partition coefficient (Wildman–Crippen LogP) is 1.34. The fourth-order valence-corrected chi connectivity index (χ4v) is 1.53. The number of likely N-dealkylation sites (N-methyl/N-ethyl adjacent to an activating group) is 1. The smallest absolute Gasteiger partial charge is 0.0615 e. The van der Waals surface area contributed by atoms with E-state index in [2.05, 4.69) is 37.9 Å². The second-order valence-electron chi connectivity index (χ2n) is 4.04. The van der Waals surface area contributed by atoms with Crippen molar-refractivity contribution in [2.24, 2.45) is 0 Å². The molecule has 0 aliphatic carbocycles. The van der Waals surface area contributed by atoms with Crippen LogP contribution >= 0.6 is 0 Å². The van der Waals surface area contributed by atoms with E-state index < -0.39 is 0 Å². The third kappa shape index (κ3) is 6.35. The molecular formula is C11H26N2O. The number of nitrogens with one attached hydrogen (secondary N) is 1. The lowest BCUT2D eigenvalue weighted by atomic mass is 10.3. The van der Waals surface area contributed by atoms with Crippen molar-refractivity contribution in [2.75, 3.05) is 33.4 Å². The van der Waals surface area contributed by atoms with Gasteiger partial charge >= 0.3 is 0 Å². The van der Waals surface area contributed by atoms with Gasteiger partial charge in [0.25, 0.3) is 0 Å². The molecule has 1 unspecified atom stereocenters. The average Bonchev–Trinajstić information content (AvgIpc) is 2.12. The molecule has 0 fully saturated rings. The largest absolute Gasteiger partial charge is 0.383 e. The van der Waals surface area contributed by atoms with Crippen LogP contribution in [0.3, 0.4) is 0 Å². The maximum atomic E-state index is 5.15. The summed E-state index contributed by atoms with van der Waals surface area (Å²) in [6.45, 7) is 12.8. The van der Waals surface area contributed by atoms with Crippen molar-refractivity contribution in [3.63, 3.8) is 0 Å². The number of hydrogen-bond acceptors (Lipinski definition) is 3. The highest BCUT2D eigenvalue weighted by Crippen LogP contribution is 1.98. The molecule has 0 spiro atoms. The third-order valence-corrected chi connectivity index (χ3v) is 2.39. The lowest BCUT2D eigenvalue weighted by molar-refractivity contribution is 0.103. The second-order valence-corrected chi connectivity index (χ2v) is 4.04. The fraction of sp³-hybridized carbons (Fsp3) is 1.00. The van der Waals surface area contributed by atoms with Crippen molar-refractivity contribution in [2.45, 2.75) is 39.8 Å². The maximum Gasteiger partial charge on any atom is 0.0615 e. The van der Waals surface area contributed by atoms with Gasteiger partial charge in [-0.05, 0) is 13.5 Å². The minimum Gasteiger partial charge on any atom is -0.383 e. The molecule has 0 aliphatic heterocycles. The van der Waals surface area contributed by atoms with Crippen LogP contribution in [0.5, 0.6) is 0 Å². The standard InChI is InChI=1S/C11H26N2O/c1-6-13(11(4)9-14-5)8-7-12-10(2)3/h10-12H,6-9H2,1-5H3. The SMILES string of the molecule is CCN(CCNC(C)C)C(C)COC. The van der Waals surface area contributed by atoms with Gasteiger partial charge in [-0.1, -0.05) is 20.8 Å². The van der Waals surface area contributed by atoms with Crippen molar-refractivity contribution >= 4 is 0 Å². The Bertz CT molecular complexity index is 128. The summed E-state index contributed by atoms with van der Waals surface area (Å²) in [7, 11) is 1.76. The first kappa shape index (κ1) is 13.9. The van der Waals surface area contributed by atoms with E-state index in [0.717, 1.165) is 26.2 Å². The molecule has 0 rings (SSSR count). The summed E-state index contributed by atoms with van der Waals surface area (Å²) >= 11 is 0. The first-order chi connectivity index (χ1) is 6.61. The van der Waals surface area contributed by atoms with E-state index in [4.69, 9.17) is 4.74 Å². The van der Waals surface area contributed by atoms with Gasteiger partial charge in [0.05, 0.1) is 6.61 Å². The molecule has 14 heavy (non-hydrogen) atoms. The summed E-state index contributed by atoms with van der Waals surface area (Å²) in [5, 5.41) is 3.42. The molecule has 0 aliphatic rings. The zero-order chi connectivity index (χ0) is 11.0. The zero-order valence-electron chi connectivity index (χ0n) is 10.3. The van der Waals surface area contributed by atoms with Crippen LogP contribution in [-0.2, 0) is 4.74 Å². The minimum atomic E-state index is 0.513.